The van der Waals surface area contributed by atoms with E-state index in [-0.39, 0.29) is 55.0 Å². The second-order valence-electron chi connectivity index (χ2n) is 8.14. The van der Waals surface area contributed by atoms with Gasteiger partial charge >= 0.3 is 6.18 Å². The van der Waals surface area contributed by atoms with Gasteiger partial charge in [-0.3, -0.25) is 4.79 Å². The summed E-state index contributed by atoms with van der Waals surface area (Å²) in [4.78, 5) is 17.8. The van der Waals surface area contributed by atoms with E-state index < -0.39 is 47.2 Å². The maximum absolute atomic E-state index is 13.9. The van der Waals surface area contributed by atoms with Gasteiger partial charge in [0.2, 0.25) is 11.7 Å². The molecule has 0 fully saturated rings. The van der Waals surface area contributed by atoms with Crippen LogP contribution >= 0.6 is 0 Å². The SMILES string of the molecule is N[C@H](CCC(=O)N1CCn2c(C(F)(F)F)nc(-c3cccc(F)c3)c2C1)c1cc(F)c(F)cc1F. The number of imidazole rings is 1. The minimum absolute atomic E-state index is 0.0529. The molecule has 35 heavy (non-hydrogen) atoms. The van der Waals surface area contributed by atoms with Crippen molar-refractivity contribution in [3.63, 3.8) is 0 Å². The molecule has 0 unspecified atom stereocenters. The highest BCUT2D eigenvalue weighted by Crippen LogP contribution is 2.36. The normalized spacial score (nSPS) is 14.7. The van der Waals surface area contributed by atoms with E-state index in [1.807, 2.05) is 0 Å². The van der Waals surface area contributed by atoms with Gasteiger partial charge in [0, 0.05) is 42.7 Å². The lowest BCUT2D eigenvalue weighted by atomic mass is 10.0. The standard InChI is InChI=1S/C23H19F7N4O/c24-13-3-1-2-12(8-13)21-19-11-33(6-7-34(19)22(32-21)23(28,29)30)20(35)5-4-18(31)14-9-16(26)17(27)10-15(14)25/h1-3,8-10,18H,4-7,11,31H2/t18-/m1/s1. The largest absolute Gasteiger partial charge is 0.449 e. The molecule has 2 N–H and O–H groups in total. The maximum Gasteiger partial charge on any atom is 0.449 e. The van der Waals surface area contributed by atoms with Crippen LogP contribution < -0.4 is 5.73 Å². The van der Waals surface area contributed by atoms with Crippen LogP contribution in [-0.4, -0.2) is 26.9 Å². The third-order valence-corrected chi connectivity index (χ3v) is 5.82. The van der Waals surface area contributed by atoms with E-state index in [9.17, 15) is 35.5 Å². The van der Waals surface area contributed by atoms with E-state index in [1.165, 1.54) is 17.0 Å². The molecule has 186 valence electrons. The van der Waals surface area contributed by atoms with E-state index in [2.05, 4.69) is 4.98 Å². The first-order valence-electron chi connectivity index (χ1n) is 10.6. The number of nitrogens with two attached hydrogens (primary N) is 1. The van der Waals surface area contributed by atoms with E-state index in [4.69, 9.17) is 5.73 Å². The number of halogens is 7. The quantitative estimate of drug-likeness (QED) is 0.399. The zero-order valence-corrected chi connectivity index (χ0v) is 18.0. The summed E-state index contributed by atoms with van der Waals surface area (Å²) in [5.41, 5.74) is 5.71. The Kier molecular flexibility index (Phi) is 6.58. The van der Waals surface area contributed by atoms with Crippen LogP contribution in [0.4, 0.5) is 30.7 Å². The highest BCUT2D eigenvalue weighted by atomic mass is 19.4. The Hall–Kier alpha value is -3.41. The first-order valence-corrected chi connectivity index (χ1v) is 10.6. The summed E-state index contributed by atoms with van der Waals surface area (Å²) in [5, 5.41) is 0. The molecule has 1 amide bonds. The fraction of sp³-hybridized carbons (Fsp3) is 0.304. The van der Waals surface area contributed by atoms with Crippen molar-refractivity contribution in [3.05, 3.63) is 76.7 Å². The predicted octanol–water partition coefficient (Wildman–Crippen LogP) is 4.95. The van der Waals surface area contributed by atoms with Crippen LogP contribution in [0.1, 0.15) is 36.0 Å². The Bertz CT molecular complexity index is 1270. The topological polar surface area (TPSA) is 64.2 Å². The van der Waals surface area contributed by atoms with E-state index in [0.717, 1.165) is 16.7 Å². The van der Waals surface area contributed by atoms with Gasteiger partial charge in [0.25, 0.3) is 0 Å². The van der Waals surface area contributed by atoms with E-state index in [1.54, 1.807) is 0 Å². The highest BCUT2D eigenvalue weighted by Gasteiger charge is 2.40. The van der Waals surface area contributed by atoms with E-state index in [0.29, 0.717) is 12.1 Å². The number of nitrogens with zero attached hydrogens (tertiary/aromatic N) is 3. The third kappa shape index (κ3) is 5.02. The molecule has 0 aliphatic carbocycles. The number of carbonyl (C=O) groups excluding carboxylic acids is 1. The van der Waals surface area contributed by atoms with Crippen molar-refractivity contribution in [3.8, 4) is 11.3 Å². The Morgan fingerprint density at radius 2 is 1.74 bits per heavy atom. The van der Waals surface area contributed by atoms with E-state index >= 15 is 0 Å². The minimum Gasteiger partial charge on any atom is -0.335 e. The van der Waals surface area contributed by atoms with Gasteiger partial charge < -0.3 is 15.2 Å². The van der Waals surface area contributed by atoms with Crippen molar-refractivity contribution in [1.29, 1.82) is 0 Å². The van der Waals surface area contributed by atoms with Crippen molar-refractivity contribution < 1.29 is 35.5 Å². The van der Waals surface area contributed by atoms with Gasteiger partial charge in [-0.1, -0.05) is 12.1 Å². The smallest absolute Gasteiger partial charge is 0.335 e. The van der Waals surface area contributed by atoms with Crippen LogP contribution in [0, 0.1) is 23.3 Å². The van der Waals surface area contributed by atoms with Crippen molar-refractivity contribution in [2.75, 3.05) is 6.54 Å². The van der Waals surface area contributed by atoms with Crippen LogP contribution in [0.5, 0.6) is 0 Å². The molecule has 12 heteroatoms. The Morgan fingerprint density at radius 3 is 2.43 bits per heavy atom. The van der Waals surface area contributed by atoms with Crippen molar-refractivity contribution >= 4 is 5.91 Å². The summed E-state index contributed by atoms with van der Waals surface area (Å²) < 4.78 is 95.9. The number of hydrogen-bond donors (Lipinski definition) is 1. The molecule has 2 heterocycles. The van der Waals surface area contributed by atoms with Crippen molar-refractivity contribution in [2.45, 2.75) is 38.1 Å². The fourth-order valence-corrected chi connectivity index (χ4v) is 4.08. The summed E-state index contributed by atoms with van der Waals surface area (Å²) in [6.45, 7) is -0.465. The van der Waals surface area contributed by atoms with Crippen molar-refractivity contribution in [2.24, 2.45) is 5.73 Å². The lowest BCUT2D eigenvalue weighted by Gasteiger charge is -2.30. The lowest BCUT2D eigenvalue weighted by molar-refractivity contribution is -0.148. The van der Waals surface area contributed by atoms with Crippen LogP contribution in [-0.2, 0) is 24.1 Å². The van der Waals surface area contributed by atoms with Crippen LogP contribution in [0.2, 0.25) is 0 Å². The van der Waals surface area contributed by atoms with Gasteiger partial charge in [0.1, 0.15) is 11.6 Å². The molecule has 2 aromatic carbocycles. The molecular weight excluding hydrogens is 481 g/mol. The van der Waals surface area contributed by atoms with Crippen LogP contribution in [0.15, 0.2) is 36.4 Å². The molecule has 1 aliphatic rings. The number of carbonyl (C=O) groups is 1. The molecule has 0 saturated heterocycles. The number of alkyl halides is 3. The first-order chi connectivity index (χ1) is 16.5. The molecule has 0 bridgehead atoms. The molecule has 1 atom stereocenters. The summed E-state index contributed by atoms with van der Waals surface area (Å²) in [6.07, 6.45) is -5.08. The molecule has 1 aromatic heterocycles. The summed E-state index contributed by atoms with van der Waals surface area (Å²) in [6, 6.07) is 4.85. The Balaban J connectivity index is 1.54. The first kappa shape index (κ1) is 24.7. The predicted molar refractivity (Wildman–Crippen MR) is 111 cm³/mol. The van der Waals surface area contributed by atoms with Gasteiger partial charge in [0.15, 0.2) is 11.6 Å². The summed E-state index contributed by atoms with van der Waals surface area (Å²) in [5.74, 6) is -5.97. The van der Waals surface area contributed by atoms with Gasteiger partial charge in [-0.25, -0.2) is 22.5 Å². The average Bonchev–Trinajstić information content (AvgIpc) is 3.19. The molecule has 3 aromatic rings. The number of fused-ring (bicyclic) bond motifs is 1. The molecule has 0 saturated carbocycles. The molecule has 0 spiro atoms. The van der Waals surface area contributed by atoms with Gasteiger partial charge in [-0.15, -0.1) is 0 Å². The summed E-state index contributed by atoms with van der Waals surface area (Å²) >= 11 is 0. The fourth-order valence-electron chi connectivity index (χ4n) is 4.08. The number of amides is 1. The number of hydrogen-bond acceptors (Lipinski definition) is 3. The van der Waals surface area contributed by atoms with Crippen LogP contribution in [0.3, 0.4) is 0 Å². The van der Waals surface area contributed by atoms with Crippen molar-refractivity contribution in [1.82, 2.24) is 14.5 Å². The monoisotopic (exact) mass is 500 g/mol. The number of aromatic nitrogens is 2. The highest BCUT2D eigenvalue weighted by molar-refractivity contribution is 5.77. The molecule has 4 rings (SSSR count). The third-order valence-electron chi connectivity index (χ3n) is 5.82. The number of rotatable bonds is 5. The minimum atomic E-state index is -4.76. The molecular formula is C23H19F7N4O. The second-order valence-corrected chi connectivity index (χ2v) is 8.14. The van der Waals surface area contributed by atoms with Gasteiger partial charge in [0.05, 0.1) is 17.9 Å². The Labute approximate surface area is 195 Å². The molecule has 5 nitrogen and oxygen atoms in total. The second kappa shape index (κ2) is 9.33. The van der Waals surface area contributed by atoms with Gasteiger partial charge in [-0.05, 0) is 24.6 Å². The van der Waals surface area contributed by atoms with Crippen LogP contribution in [0.25, 0.3) is 11.3 Å². The number of benzene rings is 2. The Morgan fingerprint density at radius 1 is 1.03 bits per heavy atom. The molecule has 1 aliphatic heterocycles. The molecule has 0 radical (unpaired) electrons. The average molecular weight is 500 g/mol. The maximum atomic E-state index is 13.9. The zero-order valence-electron chi connectivity index (χ0n) is 18.0. The zero-order chi connectivity index (χ0) is 25.5. The summed E-state index contributed by atoms with van der Waals surface area (Å²) in [7, 11) is 0. The lowest BCUT2D eigenvalue weighted by Crippen LogP contribution is -2.39. The van der Waals surface area contributed by atoms with Gasteiger partial charge in [-0.2, -0.15) is 13.2 Å².